The largest absolute Gasteiger partial charge is 0.310 e. The number of rotatable bonds is 5. The van der Waals surface area contributed by atoms with Gasteiger partial charge in [-0.25, -0.2) is 4.68 Å². The van der Waals surface area contributed by atoms with Crippen molar-refractivity contribution in [3.05, 3.63) is 34.7 Å². The zero-order valence-electron chi connectivity index (χ0n) is 13.7. The van der Waals surface area contributed by atoms with Crippen LogP contribution in [0.15, 0.2) is 29.8 Å². The molecule has 124 valence electrons. The number of piperidine rings is 1. The average Bonchev–Trinajstić information content (AvgIpc) is 3.11. The van der Waals surface area contributed by atoms with Gasteiger partial charge in [0, 0.05) is 24.0 Å². The summed E-state index contributed by atoms with van der Waals surface area (Å²) in [5.41, 5.74) is 0. The van der Waals surface area contributed by atoms with Crippen molar-refractivity contribution in [2.75, 3.05) is 25.0 Å². The number of aromatic nitrogens is 2. The quantitative estimate of drug-likeness (QED) is 0.916. The van der Waals surface area contributed by atoms with Gasteiger partial charge in [0.25, 0.3) is 0 Å². The number of carbonyl (C=O) groups excluding carboxylic acids is 1. The minimum absolute atomic E-state index is 0.0410. The van der Waals surface area contributed by atoms with Crippen LogP contribution in [0, 0.1) is 11.8 Å². The predicted molar refractivity (Wildman–Crippen MR) is 93.7 cm³/mol. The molecule has 0 aliphatic carbocycles. The fraction of sp³-hybridized carbons (Fsp3) is 0.529. The van der Waals surface area contributed by atoms with E-state index in [2.05, 4.69) is 40.6 Å². The van der Waals surface area contributed by atoms with E-state index in [0.29, 0.717) is 24.9 Å². The van der Waals surface area contributed by atoms with Crippen molar-refractivity contribution in [2.24, 2.45) is 11.8 Å². The number of hydrogen-bond acceptors (Lipinski definition) is 4. The SMILES string of the molecule is CC1CC(C)CN(CC(=O)Nc2ccnn2Cc2cccs2)C1. The van der Waals surface area contributed by atoms with Crippen LogP contribution in [0.1, 0.15) is 25.1 Å². The Morgan fingerprint density at radius 1 is 1.35 bits per heavy atom. The molecule has 2 unspecified atom stereocenters. The first-order valence-corrected chi connectivity index (χ1v) is 9.04. The van der Waals surface area contributed by atoms with Gasteiger partial charge in [-0.3, -0.25) is 9.69 Å². The van der Waals surface area contributed by atoms with Crippen LogP contribution < -0.4 is 5.32 Å². The van der Waals surface area contributed by atoms with Crippen LogP contribution in [-0.4, -0.2) is 40.2 Å². The van der Waals surface area contributed by atoms with Crippen molar-refractivity contribution < 1.29 is 4.79 Å². The Labute approximate surface area is 141 Å². The molecule has 23 heavy (non-hydrogen) atoms. The van der Waals surface area contributed by atoms with Crippen LogP contribution in [-0.2, 0) is 11.3 Å². The van der Waals surface area contributed by atoms with E-state index in [1.165, 1.54) is 11.3 Å². The van der Waals surface area contributed by atoms with E-state index in [0.717, 1.165) is 18.9 Å². The van der Waals surface area contributed by atoms with Crippen molar-refractivity contribution in [1.29, 1.82) is 0 Å². The van der Waals surface area contributed by atoms with Crippen molar-refractivity contribution in [1.82, 2.24) is 14.7 Å². The van der Waals surface area contributed by atoms with Crippen LogP contribution in [0.5, 0.6) is 0 Å². The minimum atomic E-state index is 0.0410. The molecular weight excluding hydrogens is 308 g/mol. The van der Waals surface area contributed by atoms with E-state index < -0.39 is 0 Å². The number of hydrogen-bond donors (Lipinski definition) is 1. The number of anilines is 1. The molecule has 0 bridgehead atoms. The third kappa shape index (κ3) is 4.42. The summed E-state index contributed by atoms with van der Waals surface area (Å²) in [6.45, 7) is 7.68. The van der Waals surface area contributed by atoms with E-state index in [9.17, 15) is 4.79 Å². The number of amides is 1. The molecule has 3 rings (SSSR count). The number of nitrogens with zero attached hydrogens (tertiary/aromatic N) is 3. The molecule has 6 heteroatoms. The van der Waals surface area contributed by atoms with Gasteiger partial charge in [0.1, 0.15) is 5.82 Å². The van der Waals surface area contributed by atoms with Gasteiger partial charge in [-0.2, -0.15) is 5.10 Å². The first-order valence-electron chi connectivity index (χ1n) is 8.16. The van der Waals surface area contributed by atoms with Crippen LogP contribution in [0.25, 0.3) is 0 Å². The maximum absolute atomic E-state index is 12.4. The molecule has 1 aliphatic rings. The highest BCUT2D eigenvalue weighted by molar-refractivity contribution is 7.09. The molecule has 1 fully saturated rings. The van der Waals surface area contributed by atoms with Gasteiger partial charge in [0.2, 0.25) is 5.91 Å². The zero-order valence-corrected chi connectivity index (χ0v) is 14.6. The number of likely N-dealkylation sites (tertiary alicyclic amines) is 1. The van der Waals surface area contributed by atoms with Crippen molar-refractivity contribution in [3.63, 3.8) is 0 Å². The molecule has 1 N–H and O–H groups in total. The third-order valence-electron chi connectivity index (χ3n) is 4.18. The summed E-state index contributed by atoms with van der Waals surface area (Å²) in [7, 11) is 0. The van der Waals surface area contributed by atoms with E-state index in [1.54, 1.807) is 17.5 Å². The number of thiophene rings is 1. The van der Waals surface area contributed by atoms with Crippen molar-refractivity contribution in [2.45, 2.75) is 26.8 Å². The Morgan fingerprint density at radius 2 is 2.13 bits per heavy atom. The summed E-state index contributed by atoms with van der Waals surface area (Å²) in [6, 6.07) is 5.96. The lowest BCUT2D eigenvalue weighted by Gasteiger charge is -2.34. The first-order chi connectivity index (χ1) is 11.1. The molecule has 0 spiro atoms. The van der Waals surface area contributed by atoms with Crippen LogP contribution >= 0.6 is 11.3 Å². The molecular formula is C17H24N4OS. The van der Waals surface area contributed by atoms with Crippen molar-refractivity contribution in [3.8, 4) is 0 Å². The monoisotopic (exact) mass is 332 g/mol. The lowest BCUT2D eigenvalue weighted by atomic mass is 9.92. The molecule has 2 atom stereocenters. The number of carbonyl (C=O) groups is 1. The van der Waals surface area contributed by atoms with Crippen molar-refractivity contribution >= 4 is 23.1 Å². The molecule has 2 aromatic heterocycles. The summed E-state index contributed by atoms with van der Waals surface area (Å²) >= 11 is 1.70. The predicted octanol–water partition coefficient (Wildman–Crippen LogP) is 2.91. The van der Waals surface area contributed by atoms with Gasteiger partial charge >= 0.3 is 0 Å². The smallest absolute Gasteiger partial charge is 0.239 e. The third-order valence-corrected chi connectivity index (χ3v) is 5.04. The summed E-state index contributed by atoms with van der Waals surface area (Å²) in [5, 5.41) is 9.37. The van der Waals surface area contributed by atoms with Gasteiger partial charge in [0.05, 0.1) is 19.3 Å². The Bertz CT molecular complexity index is 627. The second-order valence-electron chi connectivity index (χ2n) is 6.64. The standard InChI is InChI=1S/C17H24N4OS/c1-13-8-14(2)10-20(9-13)12-17(22)19-16-5-6-18-21(16)11-15-4-3-7-23-15/h3-7,13-14H,8-12H2,1-2H3,(H,19,22). The van der Waals surface area contributed by atoms with Crippen LogP contribution in [0.3, 0.4) is 0 Å². The highest BCUT2D eigenvalue weighted by atomic mass is 32.1. The summed E-state index contributed by atoms with van der Waals surface area (Å²) in [6.07, 6.45) is 2.99. The van der Waals surface area contributed by atoms with E-state index >= 15 is 0 Å². The highest BCUT2D eigenvalue weighted by Gasteiger charge is 2.23. The fourth-order valence-electron chi connectivity index (χ4n) is 3.42. The van der Waals surface area contributed by atoms with E-state index in [4.69, 9.17) is 0 Å². The first kappa shape index (κ1) is 16.2. The summed E-state index contributed by atoms with van der Waals surface area (Å²) in [4.78, 5) is 15.8. The molecule has 0 saturated carbocycles. The summed E-state index contributed by atoms with van der Waals surface area (Å²) in [5.74, 6) is 2.13. The van der Waals surface area contributed by atoms with Gasteiger partial charge in [-0.1, -0.05) is 19.9 Å². The molecule has 0 radical (unpaired) electrons. The van der Waals surface area contributed by atoms with E-state index in [1.807, 2.05) is 16.8 Å². The lowest BCUT2D eigenvalue weighted by molar-refractivity contribution is -0.117. The minimum Gasteiger partial charge on any atom is -0.310 e. The highest BCUT2D eigenvalue weighted by Crippen LogP contribution is 2.21. The normalized spacial score (nSPS) is 22.2. The van der Waals surface area contributed by atoms with Gasteiger partial charge in [0.15, 0.2) is 0 Å². The molecule has 0 aromatic carbocycles. The maximum atomic E-state index is 12.4. The molecule has 3 heterocycles. The van der Waals surface area contributed by atoms with Gasteiger partial charge in [-0.15, -0.1) is 11.3 Å². The molecule has 1 saturated heterocycles. The Hall–Kier alpha value is -1.66. The number of nitrogens with one attached hydrogen (secondary N) is 1. The molecule has 5 nitrogen and oxygen atoms in total. The fourth-order valence-corrected chi connectivity index (χ4v) is 4.11. The Morgan fingerprint density at radius 3 is 2.83 bits per heavy atom. The van der Waals surface area contributed by atoms with Gasteiger partial charge in [-0.05, 0) is 29.7 Å². The molecule has 2 aromatic rings. The Balaban J connectivity index is 1.57. The molecule has 1 amide bonds. The van der Waals surface area contributed by atoms with Crippen LogP contribution in [0.2, 0.25) is 0 Å². The second-order valence-corrected chi connectivity index (χ2v) is 7.67. The lowest BCUT2D eigenvalue weighted by Crippen LogP contribution is -2.43. The second kappa shape index (κ2) is 7.27. The topological polar surface area (TPSA) is 50.2 Å². The van der Waals surface area contributed by atoms with Gasteiger partial charge < -0.3 is 5.32 Å². The average molecular weight is 332 g/mol. The Kier molecular flexibility index (Phi) is 5.13. The molecule has 1 aliphatic heterocycles. The zero-order chi connectivity index (χ0) is 16.2. The summed E-state index contributed by atoms with van der Waals surface area (Å²) < 4.78 is 1.84. The van der Waals surface area contributed by atoms with E-state index in [-0.39, 0.29) is 5.91 Å². The maximum Gasteiger partial charge on any atom is 0.239 e. The van der Waals surface area contributed by atoms with Crippen LogP contribution in [0.4, 0.5) is 5.82 Å².